The van der Waals surface area contributed by atoms with Crippen molar-refractivity contribution in [1.82, 2.24) is 4.57 Å². The van der Waals surface area contributed by atoms with E-state index in [4.69, 9.17) is 0 Å². The number of hydrogen-bond acceptors (Lipinski definition) is 0. The molecule has 0 aliphatic heterocycles. The Kier molecular flexibility index (Phi) is 35.3. The van der Waals surface area contributed by atoms with Gasteiger partial charge in [0.2, 0.25) is 0 Å². The van der Waals surface area contributed by atoms with Gasteiger partial charge in [0.1, 0.15) is 11.4 Å². The second-order valence-electron chi connectivity index (χ2n) is 15.2. The van der Waals surface area contributed by atoms with Gasteiger partial charge in [-0.2, -0.15) is 0 Å². The van der Waals surface area contributed by atoms with Gasteiger partial charge in [-0.15, -0.1) is 0 Å². The van der Waals surface area contributed by atoms with Gasteiger partial charge in [-0.25, -0.2) is 9.13 Å². The van der Waals surface area contributed by atoms with Crippen LogP contribution in [0.4, 0.5) is 0 Å². The molecular weight excluding hydrogens is 636 g/mol. The largest absolute Gasteiger partial charge is 1.00 e. The predicted molar refractivity (Wildman–Crippen MR) is 207 cm³/mol. The third kappa shape index (κ3) is 24.5. The summed E-state index contributed by atoms with van der Waals surface area (Å²) in [5.41, 5.74) is 3.46. The highest BCUT2D eigenvalue weighted by molar-refractivity contribution is 5.12. The number of halogens is 1. The first kappa shape index (κ1) is 46.7. The Morgan fingerprint density at radius 3 is 1.04 bits per heavy atom. The molecule has 1 aromatic heterocycles. The molecule has 3 heteroatoms. The second-order valence-corrected chi connectivity index (χ2v) is 15.2. The number of rotatable bonds is 36. The molecule has 0 N–H and O–H groups in total. The molecule has 0 spiro atoms. The van der Waals surface area contributed by atoms with Gasteiger partial charge in [-0.1, -0.05) is 201 Å². The molecule has 280 valence electrons. The Morgan fingerprint density at radius 1 is 0.362 bits per heavy atom. The van der Waals surface area contributed by atoms with E-state index in [-0.39, 0.29) is 17.0 Å². The maximum Gasteiger partial charge on any atom is 0.256 e. The van der Waals surface area contributed by atoms with Crippen molar-refractivity contribution in [3.8, 4) is 0 Å². The standard InChI is InChI=1S/C44H87N2.BrH/c1-6-10-14-18-22-26-30-34-38-42-43(39-35-31-27-23-19-15-11-7-2)46(41-37-33-29-25-21-17-13-9-4)44(45(42)5)40-36-32-28-24-20-16-12-8-3;/h6-41H2,1-5H3;1H/q+1;/p-1. The van der Waals surface area contributed by atoms with Gasteiger partial charge in [0.25, 0.3) is 5.82 Å². The molecule has 0 saturated carbocycles. The molecule has 0 bridgehead atoms. The zero-order valence-electron chi connectivity index (χ0n) is 33.2. The number of hydrogen-bond donors (Lipinski definition) is 0. The van der Waals surface area contributed by atoms with E-state index < -0.39 is 0 Å². The maximum atomic E-state index is 2.89. The van der Waals surface area contributed by atoms with Crippen LogP contribution in [-0.4, -0.2) is 4.57 Å². The Morgan fingerprint density at radius 2 is 0.660 bits per heavy atom. The number of imidazole rings is 1. The lowest BCUT2D eigenvalue weighted by atomic mass is 10.0. The van der Waals surface area contributed by atoms with Crippen LogP contribution in [0.3, 0.4) is 0 Å². The summed E-state index contributed by atoms with van der Waals surface area (Å²) in [6, 6.07) is 0. The molecular formula is C44H87BrN2. The molecule has 47 heavy (non-hydrogen) atoms. The van der Waals surface area contributed by atoms with Gasteiger partial charge in [0.15, 0.2) is 0 Å². The first-order valence-corrected chi connectivity index (χ1v) is 21.8. The quantitative estimate of drug-likeness (QED) is 0.0481. The Balaban J connectivity index is 0.0000212. The monoisotopic (exact) mass is 723 g/mol. The van der Waals surface area contributed by atoms with Crippen molar-refractivity contribution in [2.45, 2.75) is 259 Å². The van der Waals surface area contributed by atoms with Gasteiger partial charge in [0, 0.05) is 19.3 Å². The fourth-order valence-corrected chi connectivity index (χ4v) is 7.67. The molecule has 0 radical (unpaired) electrons. The molecule has 1 heterocycles. The van der Waals surface area contributed by atoms with Gasteiger partial charge in [-0.05, 0) is 32.1 Å². The summed E-state index contributed by atoms with van der Waals surface area (Å²) in [5.74, 6) is 1.66. The molecule has 0 atom stereocenters. The summed E-state index contributed by atoms with van der Waals surface area (Å²) in [5, 5.41) is 0. The minimum atomic E-state index is 0. The lowest BCUT2D eigenvalue weighted by molar-refractivity contribution is -0.686. The zero-order chi connectivity index (χ0) is 33.3. The van der Waals surface area contributed by atoms with Crippen LogP contribution in [-0.2, 0) is 32.9 Å². The minimum absolute atomic E-state index is 0. The lowest BCUT2D eigenvalue weighted by Gasteiger charge is -2.08. The Labute approximate surface area is 308 Å². The van der Waals surface area contributed by atoms with Crippen LogP contribution in [0.1, 0.15) is 250 Å². The summed E-state index contributed by atoms with van der Waals surface area (Å²) < 4.78 is 5.60. The molecule has 2 nitrogen and oxygen atoms in total. The molecule has 0 fully saturated rings. The van der Waals surface area contributed by atoms with E-state index in [9.17, 15) is 0 Å². The van der Waals surface area contributed by atoms with Crippen molar-refractivity contribution in [1.29, 1.82) is 0 Å². The van der Waals surface area contributed by atoms with Crippen LogP contribution in [0.5, 0.6) is 0 Å². The minimum Gasteiger partial charge on any atom is -1.00 e. The topological polar surface area (TPSA) is 8.81 Å². The average Bonchev–Trinajstić information content (AvgIpc) is 3.31. The van der Waals surface area contributed by atoms with Gasteiger partial charge in [-0.3, -0.25) is 0 Å². The molecule has 1 aromatic rings. The van der Waals surface area contributed by atoms with E-state index in [1.807, 2.05) is 0 Å². The maximum absolute atomic E-state index is 2.89. The molecule has 1 rings (SSSR count). The summed E-state index contributed by atoms with van der Waals surface area (Å²) in [4.78, 5) is 0. The van der Waals surface area contributed by atoms with Crippen LogP contribution in [0.15, 0.2) is 0 Å². The lowest BCUT2D eigenvalue weighted by Crippen LogP contribution is -3.00. The van der Waals surface area contributed by atoms with Gasteiger partial charge < -0.3 is 17.0 Å². The fourth-order valence-electron chi connectivity index (χ4n) is 7.67. The first-order valence-electron chi connectivity index (χ1n) is 21.8. The molecule has 0 saturated heterocycles. The summed E-state index contributed by atoms with van der Waals surface area (Å²) in [6.07, 6.45) is 49.3. The normalized spacial score (nSPS) is 11.4. The third-order valence-electron chi connectivity index (χ3n) is 10.8. The van der Waals surface area contributed by atoms with Crippen LogP contribution >= 0.6 is 0 Å². The highest BCUT2D eigenvalue weighted by Gasteiger charge is 2.27. The fraction of sp³-hybridized carbons (Fsp3) is 0.932. The van der Waals surface area contributed by atoms with E-state index in [0.29, 0.717) is 0 Å². The zero-order valence-corrected chi connectivity index (χ0v) is 34.8. The van der Waals surface area contributed by atoms with Crippen molar-refractivity contribution in [3.05, 3.63) is 17.2 Å². The van der Waals surface area contributed by atoms with E-state index in [1.54, 1.807) is 17.2 Å². The highest BCUT2D eigenvalue weighted by atomic mass is 79.9. The number of aromatic nitrogens is 2. The van der Waals surface area contributed by atoms with E-state index in [2.05, 4.69) is 43.9 Å². The molecule has 0 aromatic carbocycles. The SMILES string of the molecule is CCCCCCCCCCc1c(CCCCCCCCCC)[n+](C)c(CCCCCCCCCC)n1CCCCCCCCCC.[Br-]. The van der Waals surface area contributed by atoms with Gasteiger partial charge >= 0.3 is 0 Å². The van der Waals surface area contributed by atoms with Crippen LogP contribution in [0, 0.1) is 0 Å². The Bertz CT molecular complexity index is 708. The number of nitrogens with zero attached hydrogens (tertiary/aromatic N) is 2. The van der Waals surface area contributed by atoms with E-state index in [0.717, 1.165) is 0 Å². The second kappa shape index (κ2) is 35.5. The first-order chi connectivity index (χ1) is 22.7. The average molecular weight is 724 g/mol. The van der Waals surface area contributed by atoms with Crippen molar-refractivity contribution < 1.29 is 21.5 Å². The smallest absolute Gasteiger partial charge is 0.256 e. The van der Waals surface area contributed by atoms with Crippen LogP contribution in [0.2, 0.25) is 0 Å². The van der Waals surface area contributed by atoms with E-state index in [1.165, 1.54) is 231 Å². The highest BCUT2D eigenvalue weighted by Crippen LogP contribution is 2.22. The Hall–Kier alpha value is -0.310. The van der Waals surface area contributed by atoms with Crippen LogP contribution in [0.25, 0.3) is 0 Å². The molecule has 0 unspecified atom stereocenters. The molecule has 0 aliphatic rings. The van der Waals surface area contributed by atoms with Crippen molar-refractivity contribution >= 4 is 0 Å². The predicted octanol–water partition coefficient (Wildman–Crippen LogP) is 11.5. The van der Waals surface area contributed by atoms with Crippen molar-refractivity contribution in [3.63, 3.8) is 0 Å². The van der Waals surface area contributed by atoms with Crippen molar-refractivity contribution in [2.24, 2.45) is 7.05 Å². The summed E-state index contributed by atoms with van der Waals surface area (Å²) in [7, 11) is 2.45. The van der Waals surface area contributed by atoms with Crippen molar-refractivity contribution in [2.75, 3.05) is 0 Å². The van der Waals surface area contributed by atoms with Crippen LogP contribution < -0.4 is 21.5 Å². The number of unbranched alkanes of at least 4 members (excludes halogenated alkanes) is 28. The summed E-state index contributed by atoms with van der Waals surface area (Å²) >= 11 is 0. The molecule has 0 amide bonds. The summed E-state index contributed by atoms with van der Waals surface area (Å²) in [6.45, 7) is 10.6. The molecule has 0 aliphatic carbocycles. The van der Waals surface area contributed by atoms with E-state index >= 15 is 0 Å². The van der Waals surface area contributed by atoms with Gasteiger partial charge in [0.05, 0.1) is 13.6 Å². The third-order valence-corrected chi connectivity index (χ3v) is 10.8.